The molecule has 0 aliphatic carbocycles. The number of aromatic nitrogens is 1. The molecule has 1 unspecified atom stereocenters. The van der Waals surface area contributed by atoms with Crippen LogP contribution in [0.15, 0.2) is 18.5 Å². The Bertz CT molecular complexity index is 333. The second-order valence-electron chi connectivity index (χ2n) is 4.12. The van der Waals surface area contributed by atoms with Crippen LogP contribution in [0.1, 0.15) is 32.3 Å². The van der Waals surface area contributed by atoms with Gasteiger partial charge in [-0.2, -0.15) is 0 Å². The van der Waals surface area contributed by atoms with E-state index in [2.05, 4.69) is 17.2 Å². The Kier molecular flexibility index (Phi) is 4.83. The second kappa shape index (κ2) is 5.92. The van der Waals surface area contributed by atoms with Crippen LogP contribution in [0.4, 0.5) is 4.39 Å². The number of hydrogen-bond acceptors (Lipinski definition) is 3. The quantitative estimate of drug-likeness (QED) is 0.777. The molecule has 4 heteroatoms. The lowest BCUT2D eigenvalue weighted by Crippen LogP contribution is -2.41. The molecule has 0 fully saturated rings. The molecular formula is C12H19FN2O. The highest BCUT2D eigenvalue weighted by Crippen LogP contribution is 2.24. The van der Waals surface area contributed by atoms with Crippen LogP contribution in [0.2, 0.25) is 0 Å². The predicted molar refractivity (Wildman–Crippen MR) is 61.5 cm³/mol. The molecule has 0 bridgehead atoms. The number of pyridine rings is 1. The van der Waals surface area contributed by atoms with Crippen LogP contribution >= 0.6 is 0 Å². The first kappa shape index (κ1) is 13.1. The third-order valence-electron chi connectivity index (χ3n) is 2.72. The monoisotopic (exact) mass is 226 g/mol. The Morgan fingerprint density at radius 2 is 2.25 bits per heavy atom. The molecule has 0 saturated carbocycles. The van der Waals surface area contributed by atoms with Gasteiger partial charge in [-0.05, 0) is 37.9 Å². The fourth-order valence-corrected chi connectivity index (χ4v) is 1.67. The minimum Gasteiger partial charge on any atom is -0.396 e. The topological polar surface area (TPSA) is 45.1 Å². The van der Waals surface area contributed by atoms with Crippen LogP contribution in [0.5, 0.6) is 0 Å². The number of nitrogens with zero attached hydrogens (tertiary/aromatic N) is 1. The van der Waals surface area contributed by atoms with Gasteiger partial charge < -0.3 is 10.4 Å². The molecule has 3 nitrogen and oxygen atoms in total. The van der Waals surface area contributed by atoms with Crippen LogP contribution < -0.4 is 5.32 Å². The van der Waals surface area contributed by atoms with Gasteiger partial charge in [0.1, 0.15) is 5.82 Å². The fraction of sp³-hybridized carbons (Fsp3) is 0.583. The van der Waals surface area contributed by atoms with E-state index >= 15 is 0 Å². The van der Waals surface area contributed by atoms with E-state index in [4.69, 9.17) is 5.11 Å². The summed E-state index contributed by atoms with van der Waals surface area (Å²) >= 11 is 0. The molecule has 1 rings (SSSR count). The van der Waals surface area contributed by atoms with E-state index in [1.165, 1.54) is 12.3 Å². The van der Waals surface area contributed by atoms with Crippen LogP contribution in [0, 0.1) is 5.82 Å². The molecule has 1 heterocycles. The molecule has 1 atom stereocenters. The lowest BCUT2D eigenvalue weighted by Gasteiger charge is -2.30. The van der Waals surface area contributed by atoms with Crippen LogP contribution in [-0.2, 0) is 5.54 Å². The first-order valence-corrected chi connectivity index (χ1v) is 5.59. The highest BCUT2D eigenvalue weighted by atomic mass is 19.1. The second-order valence-corrected chi connectivity index (χ2v) is 4.12. The van der Waals surface area contributed by atoms with Gasteiger partial charge in [-0.1, -0.05) is 6.92 Å². The number of halogens is 1. The van der Waals surface area contributed by atoms with E-state index in [-0.39, 0.29) is 12.4 Å². The maximum atomic E-state index is 13.1. The highest BCUT2D eigenvalue weighted by Gasteiger charge is 2.25. The molecule has 1 aromatic heterocycles. The third-order valence-corrected chi connectivity index (χ3v) is 2.72. The number of nitrogens with one attached hydrogen (secondary N) is 1. The first-order valence-electron chi connectivity index (χ1n) is 5.59. The molecule has 0 amide bonds. The zero-order valence-electron chi connectivity index (χ0n) is 9.83. The molecule has 16 heavy (non-hydrogen) atoms. The Morgan fingerprint density at radius 1 is 1.50 bits per heavy atom. The highest BCUT2D eigenvalue weighted by molar-refractivity contribution is 5.20. The predicted octanol–water partition coefficient (Wildman–Crippen LogP) is 1.82. The normalized spacial score (nSPS) is 14.8. The standard InChI is InChI=1S/C12H19FN2O/c1-3-5-15-12(2,4-6-16)10-7-11(13)9-14-8-10/h7-9,15-16H,3-6H2,1-2H3. The van der Waals surface area contributed by atoms with E-state index in [1.54, 1.807) is 6.20 Å². The van der Waals surface area contributed by atoms with Crippen molar-refractivity contribution in [1.29, 1.82) is 0 Å². The molecule has 0 radical (unpaired) electrons. The molecular weight excluding hydrogens is 207 g/mol. The summed E-state index contributed by atoms with van der Waals surface area (Å²) in [6.07, 6.45) is 4.35. The average Bonchev–Trinajstić information content (AvgIpc) is 2.27. The van der Waals surface area contributed by atoms with Gasteiger partial charge in [0.15, 0.2) is 0 Å². The molecule has 0 aliphatic rings. The lowest BCUT2D eigenvalue weighted by atomic mass is 9.90. The van der Waals surface area contributed by atoms with Gasteiger partial charge in [0.2, 0.25) is 0 Å². The number of aliphatic hydroxyl groups excluding tert-OH is 1. The smallest absolute Gasteiger partial charge is 0.141 e. The van der Waals surface area contributed by atoms with Crippen molar-refractivity contribution in [2.45, 2.75) is 32.2 Å². The SMILES string of the molecule is CCCNC(C)(CCO)c1cncc(F)c1. The Morgan fingerprint density at radius 3 is 2.81 bits per heavy atom. The van der Waals surface area contributed by atoms with Crippen molar-refractivity contribution in [3.8, 4) is 0 Å². The van der Waals surface area contributed by atoms with Crippen LogP contribution in [0.25, 0.3) is 0 Å². The molecule has 0 aliphatic heterocycles. The van der Waals surface area contributed by atoms with E-state index in [0.717, 1.165) is 18.5 Å². The molecule has 0 aromatic carbocycles. The van der Waals surface area contributed by atoms with Crippen molar-refractivity contribution in [3.63, 3.8) is 0 Å². The Labute approximate surface area is 95.7 Å². The van der Waals surface area contributed by atoms with Gasteiger partial charge in [-0.3, -0.25) is 4.98 Å². The Hall–Kier alpha value is -1.00. The first-order chi connectivity index (χ1) is 7.62. The number of aliphatic hydroxyl groups is 1. The van der Waals surface area contributed by atoms with E-state index in [9.17, 15) is 4.39 Å². The Balaban J connectivity index is 2.91. The summed E-state index contributed by atoms with van der Waals surface area (Å²) in [4.78, 5) is 3.84. The maximum Gasteiger partial charge on any atom is 0.141 e. The lowest BCUT2D eigenvalue weighted by molar-refractivity contribution is 0.220. The summed E-state index contributed by atoms with van der Waals surface area (Å²) in [7, 11) is 0. The zero-order chi connectivity index (χ0) is 12.0. The van der Waals surface area contributed by atoms with Crippen molar-refractivity contribution in [2.24, 2.45) is 0 Å². The van der Waals surface area contributed by atoms with Gasteiger partial charge in [0, 0.05) is 18.3 Å². The van der Waals surface area contributed by atoms with Crippen molar-refractivity contribution >= 4 is 0 Å². The van der Waals surface area contributed by atoms with Gasteiger partial charge in [-0.15, -0.1) is 0 Å². The summed E-state index contributed by atoms with van der Waals surface area (Å²) in [5.74, 6) is -0.347. The molecule has 0 spiro atoms. The molecule has 2 N–H and O–H groups in total. The van der Waals surface area contributed by atoms with E-state index < -0.39 is 5.54 Å². The zero-order valence-corrected chi connectivity index (χ0v) is 9.83. The van der Waals surface area contributed by atoms with Crippen molar-refractivity contribution in [3.05, 3.63) is 29.8 Å². The van der Waals surface area contributed by atoms with E-state index in [0.29, 0.717) is 6.42 Å². The number of rotatable bonds is 6. The van der Waals surface area contributed by atoms with E-state index in [1.807, 2.05) is 6.92 Å². The molecule has 90 valence electrons. The van der Waals surface area contributed by atoms with Gasteiger partial charge >= 0.3 is 0 Å². The van der Waals surface area contributed by atoms with Gasteiger partial charge in [0.25, 0.3) is 0 Å². The average molecular weight is 226 g/mol. The van der Waals surface area contributed by atoms with Crippen molar-refractivity contribution < 1.29 is 9.50 Å². The molecule has 0 saturated heterocycles. The molecule has 1 aromatic rings. The minimum atomic E-state index is -0.417. The van der Waals surface area contributed by atoms with Crippen molar-refractivity contribution in [1.82, 2.24) is 10.3 Å². The summed E-state index contributed by atoms with van der Waals surface area (Å²) in [6.45, 7) is 4.91. The van der Waals surface area contributed by atoms with Gasteiger partial charge in [-0.25, -0.2) is 4.39 Å². The summed E-state index contributed by atoms with van der Waals surface area (Å²) in [5.41, 5.74) is 0.356. The largest absolute Gasteiger partial charge is 0.396 e. The summed E-state index contributed by atoms with van der Waals surface area (Å²) in [5, 5.41) is 12.4. The van der Waals surface area contributed by atoms with Crippen LogP contribution in [0.3, 0.4) is 0 Å². The maximum absolute atomic E-state index is 13.1. The number of hydrogen-bond donors (Lipinski definition) is 2. The van der Waals surface area contributed by atoms with Crippen molar-refractivity contribution in [2.75, 3.05) is 13.2 Å². The van der Waals surface area contributed by atoms with Crippen LogP contribution in [-0.4, -0.2) is 23.2 Å². The summed E-state index contributed by atoms with van der Waals surface area (Å²) < 4.78 is 13.1. The fourth-order valence-electron chi connectivity index (χ4n) is 1.67. The third kappa shape index (κ3) is 3.25. The van der Waals surface area contributed by atoms with Gasteiger partial charge in [0.05, 0.1) is 6.20 Å². The minimum absolute atomic E-state index is 0.0593. The summed E-state index contributed by atoms with van der Waals surface area (Å²) in [6, 6.07) is 1.46.